The summed E-state index contributed by atoms with van der Waals surface area (Å²) in [4.78, 5) is 19.4. The van der Waals surface area contributed by atoms with Crippen molar-refractivity contribution in [2.45, 2.75) is 56.5 Å². The molecular weight excluding hydrogens is 330 g/mol. The molecule has 1 atom stereocenters. The van der Waals surface area contributed by atoms with E-state index in [9.17, 15) is 4.79 Å². The van der Waals surface area contributed by atoms with Gasteiger partial charge in [0.25, 0.3) is 0 Å². The number of amides is 1. The lowest BCUT2D eigenvalue weighted by Gasteiger charge is -2.31. The van der Waals surface area contributed by atoms with Gasteiger partial charge in [0.05, 0.1) is 0 Å². The summed E-state index contributed by atoms with van der Waals surface area (Å²) in [6, 6.07) is 11.1. The van der Waals surface area contributed by atoms with Crippen LogP contribution in [-0.4, -0.2) is 29.5 Å². The number of nitrogens with zero attached hydrogens (tertiary/aromatic N) is 2. The third-order valence-electron chi connectivity index (χ3n) is 5.56. The largest absolute Gasteiger partial charge is 0.352 e. The van der Waals surface area contributed by atoms with Crippen LogP contribution in [0.3, 0.4) is 0 Å². The Bertz CT molecular complexity index is 680. The van der Waals surface area contributed by atoms with Gasteiger partial charge in [-0.1, -0.05) is 30.3 Å². The molecule has 1 saturated carbocycles. The first-order valence-corrected chi connectivity index (χ1v) is 10.2. The number of carbonyl (C=O) groups is 1. The van der Waals surface area contributed by atoms with Crippen molar-refractivity contribution in [1.82, 2.24) is 10.3 Å². The molecule has 1 unspecified atom stereocenters. The smallest absolute Gasteiger partial charge is 0.243 e. The minimum absolute atomic E-state index is 0.0435. The summed E-state index contributed by atoms with van der Waals surface area (Å²) >= 11 is 1.62. The lowest BCUT2D eigenvalue weighted by Crippen LogP contribution is -2.47. The molecule has 0 bridgehead atoms. The average Bonchev–Trinajstić information content (AvgIpc) is 3.34. The topological polar surface area (TPSA) is 45.2 Å². The van der Waals surface area contributed by atoms with Crippen LogP contribution in [0.5, 0.6) is 0 Å². The van der Waals surface area contributed by atoms with E-state index in [2.05, 4.69) is 45.5 Å². The lowest BCUT2D eigenvalue weighted by atomic mass is 9.81. The van der Waals surface area contributed by atoms with E-state index in [1.54, 1.807) is 11.3 Å². The molecule has 4 rings (SSSR count). The summed E-state index contributed by atoms with van der Waals surface area (Å²) in [5, 5.41) is 6.28. The number of anilines is 1. The molecule has 1 saturated heterocycles. The Morgan fingerprint density at radius 1 is 1.12 bits per heavy atom. The number of aromatic nitrogens is 1. The maximum atomic E-state index is 12.8. The van der Waals surface area contributed by atoms with E-state index in [0.29, 0.717) is 12.0 Å². The number of carbonyl (C=O) groups excluding carboxylic acids is 1. The van der Waals surface area contributed by atoms with Gasteiger partial charge in [0.2, 0.25) is 5.91 Å². The molecule has 5 heteroatoms. The zero-order valence-electron chi connectivity index (χ0n) is 14.4. The van der Waals surface area contributed by atoms with Crippen LogP contribution >= 0.6 is 11.3 Å². The monoisotopic (exact) mass is 355 g/mol. The van der Waals surface area contributed by atoms with E-state index in [1.165, 1.54) is 5.56 Å². The second-order valence-electron chi connectivity index (χ2n) is 7.13. The molecule has 1 aromatic carbocycles. The highest BCUT2D eigenvalue weighted by molar-refractivity contribution is 7.13. The molecule has 4 nitrogen and oxygen atoms in total. The Morgan fingerprint density at radius 3 is 2.64 bits per heavy atom. The fraction of sp³-hybridized carbons (Fsp3) is 0.500. The van der Waals surface area contributed by atoms with Gasteiger partial charge >= 0.3 is 0 Å². The fourth-order valence-corrected chi connectivity index (χ4v) is 4.94. The maximum absolute atomic E-state index is 12.8. The van der Waals surface area contributed by atoms with E-state index in [-0.39, 0.29) is 11.9 Å². The summed E-state index contributed by atoms with van der Waals surface area (Å²) in [6.45, 7) is 0.937. The molecule has 1 amide bonds. The van der Waals surface area contributed by atoms with Gasteiger partial charge in [-0.05, 0) is 50.0 Å². The van der Waals surface area contributed by atoms with Gasteiger partial charge in [0, 0.05) is 24.2 Å². The molecule has 132 valence electrons. The molecular formula is C20H25N3OS. The first kappa shape index (κ1) is 16.6. The zero-order chi connectivity index (χ0) is 17.1. The maximum Gasteiger partial charge on any atom is 0.243 e. The Labute approximate surface area is 153 Å². The van der Waals surface area contributed by atoms with Crippen molar-refractivity contribution in [3.05, 3.63) is 47.5 Å². The van der Waals surface area contributed by atoms with Crippen molar-refractivity contribution in [3.63, 3.8) is 0 Å². The first-order valence-electron chi connectivity index (χ1n) is 9.33. The number of hydrogen-bond donors (Lipinski definition) is 1. The van der Waals surface area contributed by atoms with Gasteiger partial charge in [-0.15, -0.1) is 11.3 Å². The lowest BCUT2D eigenvalue weighted by molar-refractivity contribution is -0.123. The average molecular weight is 356 g/mol. The molecule has 25 heavy (non-hydrogen) atoms. The van der Waals surface area contributed by atoms with E-state index in [0.717, 1.165) is 50.2 Å². The standard InChI is InChI=1S/C20H25N3OS/c24-19(18-7-4-13-23(18)20-21-12-14-25-20)22-17-10-8-16(9-11-17)15-5-2-1-3-6-15/h1-3,5-6,12,14,16-18H,4,7-11,13H2,(H,22,24). The number of thiazole rings is 1. The molecule has 0 spiro atoms. The van der Waals surface area contributed by atoms with Gasteiger partial charge in [0.1, 0.15) is 6.04 Å². The Kier molecular flexibility index (Phi) is 5.02. The van der Waals surface area contributed by atoms with Crippen molar-refractivity contribution < 1.29 is 4.79 Å². The molecule has 2 fully saturated rings. The van der Waals surface area contributed by atoms with E-state index in [4.69, 9.17) is 0 Å². The molecule has 1 aromatic heterocycles. The minimum atomic E-state index is -0.0435. The van der Waals surface area contributed by atoms with Crippen molar-refractivity contribution >= 4 is 22.4 Å². The van der Waals surface area contributed by atoms with Crippen molar-refractivity contribution in [2.24, 2.45) is 0 Å². The second kappa shape index (κ2) is 7.56. The van der Waals surface area contributed by atoms with Crippen LogP contribution in [0, 0.1) is 0 Å². The molecule has 1 aliphatic heterocycles. The van der Waals surface area contributed by atoms with Crippen LogP contribution in [0.2, 0.25) is 0 Å². The number of rotatable bonds is 4. The van der Waals surface area contributed by atoms with Crippen LogP contribution < -0.4 is 10.2 Å². The SMILES string of the molecule is O=C(NC1CCC(c2ccccc2)CC1)C1CCCN1c1nccs1. The normalized spacial score (nSPS) is 26.6. The van der Waals surface area contributed by atoms with E-state index in [1.807, 2.05) is 11.6 Å². The van der Waals surface area contributed by atoms with Crippen LogP contribution in [0.4, 0.5) is 5.13 Å². The Morgan fingerprint density at radius 2 is 1.92 bits per heavy atom. The van der Waals surface area contributed by atoms with E-state index < -0.39 is 0 Å². The van der Waals surface area contributed by atoms with Gasteiger partial charge in [0.15, 0.2) is 5.13 Å². The highest BCUT2D eigenvalue weighted by Crippen LogP contribution is 2.33. The van der Waals surface area contributed by atoms with Crippen LogP contribution in [-0.2, 0) is 4.79 Å². The van der Waals surface area contributed by atoms with Crippen LogP contribution in [0.15, 0.2) is 41.9 Å². The summed E-state index contributed by atoms with van der Waals surface area (Å²) in [7, 11) is 0. The van der Waals surface area contributed by atoms with E-state index >= 15 is 0 Å². The third-order valence-corrected chi connectivity index (χ3v) is 6.37. The highest BCUT2D eigenvalue weighted by Gasteiger charge is 2.34. The molecule has 2 aliphatic rings. The molecule has 2 aromatic rings. The predicted octanol–water partition coefficient (Wildman–Crippen LogP) is 3.95. The van der Waals surface area contributed by atoms with Gasteiger partial charge in [-0.2, -0.15) is 0 Å². The fourth-order valence-electron chi connectivity index (χ4n) is 4.22. The molecule has 2 heterocycles. The first-order chi connectivity index (χ1) is 12.3. The molecule has 1 aliphatic carbocycles. The molecule has 1 N–H and O–H groups in total. The summed E-state index contributed by atoms with van der Waals surface area (Å²) in [5.41, 5.74) is 1.44. The second-order valence-corrected chi connectivity index (χ2v) is 8.01. The summed E-state index contributed by atoms with van der Waals surface area (Å²) < 4.78 is 0. The number of hydrogen-bond acceptors (Lipinski definition) is 4. The quantitative estimate of drug-likeness (QED) is 0.903. The number of benzene rings is 1. The van der Waals surface area contributed by atoms with Gasteiger partial charge in [-0.25, -0.2) is 4.98 Å². The predicted molar refractivity (Wildman–Crippen MR) is 102 cm³/mol. The number of nitrogens with one attached hydrogen (secondary N) is 1. The van der Waals surface area contributed by atoms with Gasteiger partial charge < -0.3 is 10.2 Å². The Hall–Kier alpha value is -1.88. The van der Waals surface area contributed by atoms with Crippen LogP contribution in [0.25, 0.3) is 0 Å². The highest BCUT2D eigenvalue weighted by atomic mass is 32.1. The molecule has 0 radical (unpaired) electrons. The van der Waals surface area contributed by atoms with Gasteiger partial charge in [-0.3, -0.25) is 4.79 Å². The Balaban J connectivity index is 1.32. The van der Waals surface area contributed by atoms with Crippen molar-refractivity contribution in [2.75, 3.05) is 11.4 Å². The van der Waals surface area contributed by atoms with Crippen molar-refractivity contribution in [3.8, 4) is 0 Å². The summed E-state index contributed by atoms with van der Waals surface area (Å²) in [5.74, 6) is 0.837. The summed E-state index contributed by atoms with van der Waals surface area (Å²) in [6.07, 6.45) is 8.30. The third kappa shape index (κ3) is 3.71. The van der Waals surface area contributed by atoms with Crippen LogP contribution in [0.1, 0.15) is 50.0 Å². The minimum Gasteiger partial charge on any atom is -0.352 e. The zero-order valence-corrected chi connectivity index (χ0v) is 15.3. The van der Waals surface area contributed by atoms with Crippen molar-refractivity contribution in [1.29, 1.82) is 0 Å².